The number of piperazine rings is 1. The molecule has 1 atom stereocenters. The summed E-state index contributed by atoms with van der Waals surface area (Å²) in [6.07, 6.45) is 0. The van der Waals surface area contributed by atoms with Crippen molar-refractivity contribution in [2.75, 3.05) is 38.2 Å². The number of benzene rings is 1. The van der Waals surface area contributed by atoms with Crippen LogP contribution in [0.15, 0.2) is 24.3 Å². The molecule has 1 aliphatic rings. The fourth-order valence-electron chi connectivity index (χ4n) is 2.55. The molecule has 1 aromatic carbocycles. The third kappa shape index (κ3) is 3.28. The van der Waals surface area contributed by atoms with Gasteiger partial charge in [-0.1, -0.05) is 32.9 Å². The molecule has 3 nitrogen and oxygen atoms in total. The number of aliphatic hydroxyl groups excluding tert-OH is 1. The van der Waals surface area contributed by atoms with Gasteiger partial charge in [-0.2, -0.15) is 0 Å². The topological polar surface area (TPSA) is 26.7 Å². The Morgan fingerprint density at radius 1 is 1.16 bits per heavy atom. The number of hydrogen-bond donors (Lipinski definition) is 1. The van der Waals surface area contributed by atoms with Crippen molar-refractivity contribution in [1.82, 2.24) is 4.90 Å². The summed E-state index contributed by atoms with van der Waals surface area (Å²) in [5.74, 6) is 0. The second-order valence-corrected chi connectivity index (χ2v) is 6.56. The summed E-state index contributed by atoms with van der Waals surface area (Å²) in [5.41, 5.74) is 2.83. The molecule has 1 heterocycles. The van der Waals surface area contributed by atoms with E-state index in [1.165, 1.54) is 11.3 Å². The second kappa shape index (κ2) is 5.51. The van der Waals surface area contributed by atoms with Crippen LogP contribution in [0.25, 0.3) is 0 Å². The van der Waals surface area contributed by atoms with Crippen molar-refractivity contribution < 1.29 is 5.11 Å². The molecule has 0 bridgehead atoms. The average molecular weight is 262 g/mol. The Hall–Kier alpha value is -1.06. The van der Waals surface area contributed by atoms with Gasteiger partial charge >= 0.3 is 0 Å². The number of rotatable bonds is 2. The fraction of sp³-hybridized carbons (Fsp3) is 0.625. The summed E-state index contributed by atoms with van der Waals surface area (Å²) in [5, 5.41) is 9.41. The highest BCUT2D eigenvalue weighted by Crippen LogP contribution is 2.25. The van der Waals surface area contributed by atoms with Crippen LogP contribution in [0.5, 0.6) is 0 Å². The van der Waals surface area contributed by atoms with Gasteiger partial charge < -0.3 is 10.0 Å². The highest BCUT2D eigenvalue weighted by molar-refractivity contribution is 5.49. The van der Waals surface area contributed by atoms with Gasteiger partial charge in [-0.15, -0.1) is 0 Å². The average Bonchev–Trinajstić information content (AvgIpc) is 2.38. The lowest BCUT2D eigenvalue weighted by Gasteiger charge is -2.40. The summed E-state index contributed by atoms with van der Waals surface area (Å²) in [6, 6.07) is 9.11. The molecule has 1 aromatic rings. The molecule has 1 N–H and O–H groups in total. The SMILES string of the molecule is CN1CCN(c2ccc(C(C)(C)C)cc2)CC1CO. The van der Waals surface area contributed by atoms with Gasteiger partial charge in [0.2, 0.25) is 0 Å². The Labute approximate surface area is 116 Å². The lowest BCUT2D eigenvalue weighted by Crippen LogP contribution is -2.53. The quantitative estimate of drug-likeness (QED) is 0.884. The first kappa shape index (κ1) is 14.4. The third-order valence-corrected chi connectivity index (χ3v) is 4.09. The zero-order valence-corrected chi connectivity index (χ0v) is 12.6. The van der Waals surface area contributed by atoms with Crippen LogP contribution >= 0.6 is 0 Å². The lowest BCUT2D eigenvalue weighted by molar-refractivity contribution is 0.135. The summed E-state index contributed by atoms with van der Waals surface area (Å²) in [4.78, 5) is 4.60. The Morgan fingerprint density at radius 2 is 1.79 bits per heavy atom. The summed E-state index contributed by atoms with van der Waals surface area (Å²) in [7, 11) is 2.08. The molecule has 1 unspecified atom stereocenters. The number of aliphatic hydroxyl groups is 1. The van der Waals surface area contributed by atoms with Crippen molar-refractivity contribution in [1.29, 1.82) is 0 Å². The van der Waals surface area contributed by atoms with Crippen molar-refractivity contribution >= 4 is 5.69 Å². The number of likely N-dealkylation sites (N-methyl/N-ethyl adjacent to an activating group) is 1. The Morgan fingerprint density at radius 3 is 2.32 bits per heavy atom. The fourth-order valence-corrected chi connectivity index (χ4v) is 2.55. The van der Waals surface area contributed by atoms with Crippen LogP contribution in [0.3, 0.4) is 0 Å². The molecule has 0 aromatic heterocycles. The van der Waals surface area contributed by atoms with E-state index in [4.69, 9.17) is 0 Å². The molecule has 1 fully saturated rings. The maximum atomic E-state index is 9.41. The van der Waals surface area contributed by atoms with Crippen molar-refractivity contribution in [3.05, 3.63) is 29.8 Å². The number of anilines is 1. The molecule has 1 saturated heterocycles. The summed E-state index contributed by atoms with van der Waals surface area (Å²) >= 11 is 0. The van der Waals surface area contributed by atoms with Crippen LogP contribution < -0.4 is 4.90 Å². The van der Waals surface area contributed by atoms with E-state index in [9.17, 15) is 5.11 Å². The number of nitrogens with zero attached hydrogens (tertiary/aromatic N) is 2. The van der Waals surface area contributed by atoms with Crippen LogP contribution in [0.4, 0.5) is 5.69 Å². The second-order valence-electron chi connectivity index (χ2n) is 6.56. The van der Waals surface area contributed by atoms with E-state index in [2.05, 4.69) is 61.9 Å². The minimum Gasteiger partial charge on any atom is -0.395 e. The van der Waals surface area contributed by atoms with E-state index in [-0.39, 0.29) is 18.1 Å². The third-order valence-electron chi connectivity index (χ3n) is 4.09. The molecule has 3 heteroatoms. The zero-order valence-electron chi connectivity index (χ0n) is 12.6. The van der Waals surface area contributed by atoms with Gasteiger partial charge in [-0.05, 0) is 30.2 Å². The molecule has 0 radical (unpaired) electrons. The van der Waals surface area contributed by atoms with E-state index in [1.54, 1.807) is 0 Å². The van der Waals surface area contributed by atoms with Crippen molar-refractivity contribution in [2.45, 2.75) is 32.2 Å². The molecular weight excluding hydrogens is 236 g/mol. The Balaban J connectivity index is 2.10. The van der Waals surface area contributed by atoms with Gasteiger partial charge in [-0.25, -0.2) is 0 Å². The molecule has 106 valence electrons. The minimum absolute atomic E-state index is 0.203. The van der Waals surface area contributed by atoms with Gasteiger partial charge in [0.1, 0.15) is 0 Å². The maximum Gasteiger partial charge on any atom is 0.0604 e. The van der Waals surface area contributed by atoms with E-state index in [1.807, 2.05) is 0 Å². The molecule has 19 heavy (non-hydrogen) atoms. The monoisotopic (exact) mass is 262 g/mol. The maximum absolute atomic E-state index is 9.41. The van der Waals surface area contributed by atoms with E-state index in [0.29, 0.717) is 0 Å². The van der Waals surface area contributed by atoms with Crippen molar-refractivity contribution in [2.24, 2.45) is 0 Å². The van der Waals surface area contributed by atoms with Crippen LogP contribution in [-0.4, -0.2) is 49.3 Å². The van der Waals surface area contributed by atoms with Gasteiger partial charge in [0.05, 0.1) is 12.6 Å². The molecular formula is C16H26N2O. The van der Waals surface area contributed by atoms with Crippen LogP contribution in [-0.2, 0) is 5.41 Å². The van der Waals surface area contributed by atoms with Gasteiger partial charge in [0.15, 0.2) is 0 Å². The van der Waals surface area contributed by atoms with Gasteiger partial charge in [-0.3, -0.25) is 4.90 Å². The molecule has 0 aliphatic carbocycles. The van der Waals surface area contributed by atoms with Gasteiger partial charge in [0, 0.05) is 25.3 Å². The summed E-state index contributed by atoms with van der Waals surface area (Å²) in [6.45, 7) is 9.88. The Bertz CT molecular complexity index is 408. The highest BCUT2D eigenvalue weighted by Gasteiger charge is 2.24. The standard InChI is InChI=1S/C16H26N2O/c1-16(2,3)13-5-7-14(8-6-13)18-10-9-17(4)15(11-18)12-19/h5-8,15,19H,9-12H2,1-4H3. The smallest absolute Gasteiger partial charge is 0.0604 e. The van der Waals surface area contributed by atoms with Crippen molar-refractivity contribution in [3.63, 3.8) is 0 Å². The zero-order chi connectivity index (χ0) is 14.0. The first-order chi connectivity index (χ1) is 8.91. The minimum atomic E-state index is 0.203. The molecule has 0 saturated carbocycles. The molecule has 1 aliphatic heterocycles. The van der Waals surface area contributed by atoms with E-state index < -0.39 is 0 Å². The predicted molar refractivity (Wildman–Crippen MR) is 80.9 cm³/mol. The van der Waals surface area contributed by atoms with Crippen LogP contribution in [0.2, 0.25) is 0 Å². The highest BCUT2D eigenvalue weighted by atomic mass is 16.3. The normalized spacial score (nSPS) is 21.7. The van der Waals surface area contributed by atoms with Crippen LogP contribution in [0, 0.1) is 0 Å². The predicted octanol–water partition coefficient (Wildman–Crippen LogP) is 2.10. The van der Waals surface area contributed by atoms with E-state index >= 15 is 0 Å². The van der Waals surface area contributed by atoms with Crippen LogP contribution in [0.1, 0.15) is 26.3 Å². The lowest BCUT2D eigenvalue weighted by atomic mass is 9.87. The molecule has 0 amide bonds. The van der Waals surface area contributed by atoms with E-state index in [0.717, 1.165) is 19.6 Å². The van der Waals surface area contributed by atoms with Gasteiger partial charge in [0.25, 0.3) is 0 Å². The first-order valence-electron chi connectivity index (χ1n) is 7.08. The summed E-state index contributed by atoms with van der Waals surface area (Å²) < 4.78 is 0. The Kier molecular flexibility index (Phi) is 4.16. The first-order valence-corrected chi connectivity index (χ1v) is 7.08. The largest absolute Gasteiger partial charge is 0.395 e. The van der Waals surface area contributed by atoms with Crippen molar-refractivity contribution in [3.8, 4) is 0 Å². The number of hydrogen-bond acceptors (Lipinski definition) is 3. The molecule has 0 spiro atoms. The molecule has 2 rings (SSSR count).